The monoisotopic (exact) mass is 146 g/mol. The van der Waals surface area contributed by atoms with E-state index in [0.29, 0.717) is 0 Å². The van der Waals surface area contributed by atoms with Gasteiger partial charge in [-0.3, -0.25) is 0 Å². The van der Waals surface area contributed by atoms with E-state index < -0.39 is 17.9 Å². The molecule has 0 aromatic heterocycles. The molecule has 0 aliphatic rings. The Kier molecular flexibility index (Phi) is 12.9. The van der Waals surface area contributed by atoms with E-state index >= 15 is 0 Å². The topological polar surface area (TPSA) is 80.3 Å². The summed E-state index contributed by atoms with van der Waals surface area (Å²) >= 11 is 0. The molecule has 0 fully saturated rings. The molecule has 0 aliphatic heterocycles. The van der Waals surface area contributed by atoms with Gasteiger partial charge in [0.15, 0.2) is 0 Å². The van der Waals surface area contributed by atoms with E-state index in [4.69, 9.17) is 0 Å². The minimum atomic E-state index is -1.62. The molecule has 0 atom stereocenters. The molecule has 0 spiro atoms. The van der Waals surface area contributed by atoms with Gasteiger partial charge in [0, 0.05) is 17.9 Å². The third-order valence-corrected chi connectivity index (χ3v) is 0.707. The Morgan fingerprint density at radius 2 is 1.40 bits per heavy atom. The van der Waals surface area contributed by atoms with Gasteiger partial charge in [-0.1, -0.05) is 6.92 Å². The van der Waals surface area contributed by atoms with Crippen molar-refractivity contribution in [3.8, 4) is 0 Å². The third kappa shape index (κ3) is 6.65. The number of rotatable bonds is 2. The Balaban J connectivity index is -0.000000245. The summed E-state index contributed by atoms with van der Waals surface area (Å²) in [6, 6.07) is 0. The molecule has 0 amide bonds. The zero-order valence-corrected chi connectivity index (χ0v) is 8.21. The molecule has 0 saturated heterocycles. The van der Waals surface area contributed by atoms with Crippen molar-refractivity contribution in [3.05, 3.63) is 0 Å². The van der Waals surface area contributed by atoms with Crippen molar-refractivity contribution in [2.24, 2.45) is 5.92 Å². The number of hydrogen-bond acceptors (Lipinski definition) is 4. The summed E-state index contributed by atoms with van der Waals surface area (Å²) in [5, 5.41) is 19.2. The van der Waals surface area contributed by atoms with Gasteiger partial charge in [-0.05, 0) is 0 Å². The SMILES string of the molecule is CC(C(=O)[O-])C(=O)[O-].[Li+].[Na+]. The van der Waals surface area contributed by atoms with Crippen molar-refractivity contribution in [3.63, 3.8) is 0 Å². The first kappa shape index (κ1) is 16.9. The van der Waals surface area contributed by atoms with Crippen molar-refractivity contribution >= 4 is 11.9 Å². The van der Waals surface area contributed by atoms with Crippen LogP contribution >= 0.6 is 0 Å². The average Bonchev–Trinajstić information content (AvgIpc) is 1.64. The third-order valence-electron chi connectivity index (χ3n) is 0.707. The Labute approximate surface area is 92.5 Å². The van der Waals surface area contributed by atoms with E-state index in [-0.39, 0.29) is 48.4 Å². The standard InChI is InChI=1S/C4H6O4.Li.Na/c1-2(3(5)6)4(7)8;;/h2H,1H3,(H,5,6)(H,7,8);;/q;2*+1/p-2. The van der Waals surface area contributed by atoms with Crippen LogP contribution in [-0.2, 0) is 9.59 Å². The molecule has 0 radical (unpaired) electrons. The van der Waals surface area contributed by atoms with Gasteiger partial charge in [-0.2, -0.15) is 0 Å². The molecule has 0 bridgehead atoms. The van der Waals surface area contributed by atoms with Crippen LogP contribution in [0.3, 0.4) is 0 Å². The van der Waals surface area contributed by atoms with Gasteiger partial charge in [0.25, 0.3) is 0 Å². The zero-order valence-electron chi connectivity index (χ0n) is 6.21. The predicted molar refractivity (Wildman–Crippen MR) is 19.2 cm³/mol. The minimum Gasteiger partial charge on any atom is -0.549 e. The molecular weight excluding hydrogens is 142 g/mol. The van der Waals surface area contributed by atoms with Crippen LogP contribution in [0.4, 0.5) is 0 Å². The molecular formula is C4H4LiNaO4. The fourth-order valence-electron chi connectivity index (χ4n) is 0.0962. The van der Waals surface area contributed by atoms with Gasteiger partial charge >= 0.3 is 48.4 Å². The molecule has 0 unspecified atom stereocenters. The summed E-state index contributed by atoms with van der Waals surface area (Å²) in [6.07, 6.45) is 0. The maximum atomic E-state index is 9.61. The van der Waals surface area contributed by atoms with Gasteiger partial charge in [0.05, 0.1) is 0 Å². The van der Waals surface area contributed by atoms with Crippen molar-refractivity contribution in [2.75, 3.05) is 0 Å². The largest absolute Gasteiger partial charge is 1.00 e. The molecule has 0 rings (SSSR count). The Hall–Kier alpha value is 0.537. The summed E-state index contributed by atoms with van der Waals surface area (Å²) in [5.41, 5.74) is 0. The summed E-state index contributed by atoms with van der Waals surface area (Å²) in [5.74, 6) is -4.76. The Morgan fingerprint density at radius 3 is 1.40 bits per heavy atom. The summed E-state index contributed by atoms with van der Waals surface area (Å²) in [7, 11) is 0. The van der Waals surface area contributed by atoms with Crippen molar-refractivity contribution < 1.29 is 68.2 Å². The van der Waals surface area contributed by atoms with Gasteiger partial charge in [-0.25, -0.2) is 0 Å². The first-order valence-electron chi connectivity index (χ1n) is 1.97. The quantitative estimate of drug-likeness (QED) is 0.286. The van der Waals surface area contributed by atoms with Gasteiger partial charge < -0.3 is 19.8 Å². The van der Waals surface area contributed by atoms with Crippen LogP contribution in [0.2, 0.25) is 0 Å². The number of hydrogen-bond donors (Lipinski definition) is 0. The van der Waals surface area contributed by atoms with E-state index in [1.807, 2.05) is 0 Å². The molecule has 0 saturated carbocycles. The van der Waals surface area contributed by atoms with Crippen LogP contribution in [0.5, 0.6) is 0 Å². The van der Waals surface area contributed by atoms with Gasteiger partial charge in [0.1, 0.15) is 0 Å². The van der Waals surface area contributed by atoms with E-state index in [9.17, 15) is 19.8 Å². The molecule has 0 aromatic carbocycles. The number of carboxylic acid groups (broad SMARTS) is 2. The van der Waals surface area contributed by atoms with Gasteiger partial charge in [0.2, 0.25) is 0 Å². The number of aliphatic carboxylic acids is 2. The average molecular weight is 146 g/mol. The van der Waals surface area contributed by atoms with Crippen LogP contribution < -0.4 is 58.6 Å². The molecule has 46 valence electrons. The van der Waals surface area contributed by atoms with E-state index in [1.165, 1.54) is 0 Å². The van der Waals surface area contributed by atoms with Crippen LogP contribution in [0.15, 0.2) is 0 Å². The van der Waals surface area contributed by atoms with Crippen molar-refractivity contribution in [1.82, 2.24) is 0 Å². The van der Waals surface area contributed by atoms with Crippen molar-refractivity contribution in [1.29, 1.82) is 0 Å². The van der Waals surface area contributed by atoms with E-state index in [2.05, 4.69) is 0 Å². The number of carbonyl (C=O) groups excluding carboxylic acids is 2. The molecule has 0 aliphatic carbocycles. The number of carbonyl (C=O) groups is 2. The fourth-order valence-corrected chi connectivity index (χ4v) is 0.0962. The Morgan fingerprint density at radius 1 is 1.20 bits per heavy atom. The predicted octanol–water partition coefficient (Wildman–Crippen LogP) is -8.87. The number of carboxylic acids is 2. The smallest absolute Gasteiger partial charge is 0.549 e. The molecule has 6 heteroatoms. The minimum absolute atomic E-state index is 0. The van der Waals surface area contributed by atoms with E-state index in [1.54, 1.807) is 0 Å². The van der Waals surface area contributed by atoms with E-state index in [0.717, 1.165) is 6.92 Å². The van der Waals surface area contributed by atoms with Crippen LogP contribution in [0.25, 0.3) is 0 Å². The second kappa shape index (κ2) is 7.64. The Bertz CT molecular complexity index is 112. The zero-order chi connectivity index (χ0) is 6.73. The molecule has 10 heavy (non-hydrogen) atoms. The molecule has 0 heterocycles. The van der Waals surface area contributed by atoms with Gasteiger partial charge in [-0.15, -0.1) is 0 Å². The molecule has 4 nitrogen and oxygen atoms in total. The molecule has 0 N–H and O–H groups in total. The molecule has 0 aromatic rings. The second-order valence-electron chi connectivity index (χ2n) is 1.36. The van der Waals surface area contributed by atoms with Crippen molar-refractivity contribution in [2.45, 2.75) is 6.92 Å². The van der Waals surface area contributed by atoms with Crippen LogP contribution in [0.1, 0.15) is 6.92 Å². The van der Waals surface area contributed by atoms with Crippen LogP contribution in [0, 0.1) is 5.92 Å². The first-order valence-corrected chi connectivity index (χ1v) is 1.97. The maximum Gasteiger partial charge on any atom is 1.00 e. The normalized spacial score (nSPS) is 7.40. The van der Waals surface area contributed by atoms with Crippen LogP contribution in [-0.4, -0.2) is 11.9 Å². The summed E-state index contributed by atoms with van der Waals surface area (Å²) in [6.45, 7) is 0.991. The fraction of sp³-hybridized carbons (Fsp3) is 0.500. The summed E-state index contributed by atoms with van der Waals surface area (Å²) in [4.78, 5) is 19.2. The second-order valence-corrected chi connectivity index (χ2v) is 1.36. The first-order chi connectivity index (χ1) is 3.55. The maximum absolute atomic E-state index is 9.61. The summed E-state index contributed by atoms with van der Waals surface area (Å²) < 4.78 is 0.